The molecule has 26 heavy (non-hydrogen) atoms. The Morgan fingerprint density at radius 1 is 1.15 bits per heavy atom. The van der Waals surface area contributed by atoms with Crippen LogP contribution in [0.1, 0.15) is 29.1 Å². The van der Waals surface area contributed by atoms with Crippen molar-refractivity contribution in [2.75, 3.05) is 38.2 Å². The molecule has 0 aliphatic carbocycles. The summed E-state index contributed by atoms with van der Waals surface area (Å²) in [5, 5.41) is 3.49. The zero-order valence-corrected chi connectivity index (χ0v) is 16.1. The molecule has 1 aromatic heterocycles. The van der Waals surface area contributed by atoms with Crippen molar-refractivity contribution < 1.29 is 4.74 Å². The molecule has 2 aliphatic heterocycles. The minimum absolute atomic E-state index is 0. The Bertz CT molecular complexity index is 725. The second kappa shape index (κ2) is 8.80. The highest BCUT2D eigenvalue weighted by Crippen LogP contribution is 2.27. The minimum Gasteiger partial charge on any atom is -0.380 e. The summed E-state index contributed by atoms with van der Waals surface area (Å²) in [6.07, 6.45) is 4.16. The number of nitrogens with one attached hydrogen (secondary N) is 1. The largest absolute Gasteiger partial charge is 0.380 e. The van der Waals surface area contributed by atoms with E-state index in [1.165, 1.54) is 16.8 Å². The summed E-state index contributed by atoms with van der Waals surface area (Å²) >= 11 is 0. The Morgan fingerprint density at radius 3 is 2.73 bits per heavy atom. The van der Waals surface area contributed by atoms with E-state index in [0.29, 0.717) is 6.10 Å². The van der Waals surface area contributed by atoms with Crippen LogP contribution < -0.4 is 10.2 Å². The highest BCUT2D eigenvalue weighted by Gasteiger charge is 2.27. The second-order valence-corrected chi connectivity index (χ2v) is 6.89. The molecule has 0 bridgehead atoms. The average Bonchev–Trinajstić information content (AvgIpc) is 3.00. The number of nitrogens with zero attached hydrogens (tertiary/aromatic N) is 3. The molecular formula is C20H27ClN4O. The maximum atomic E-state index is 5.56. The average molecular weight is 375 g/mol. The molecule has 1 aromatic carbocycles. The first-order valence-electron chi connectivity index (χ1n) is 9.24. The number of fused-ring (bicyclic) bond motifs is 1. The van der Waals surface area contributed by atoms with Gasteiger partial charge in [0.05, 0.1) is 11.8 Å². The molecule has 1 atom stereocenters. The van der Waals surface area contributed by atoms with Crippen LogP contribution in [-0.2, 0) is 24.0 Å². The Hall–Kier alpha value is -1.69. The van der Waals surface area contributed by atoms with Crippen molar-refractivity contribution in [2.24, 2.45) is 0 Å². The Balaban J connectivity index is 0.00000196. The summed E-state index contributed by atoms with van der Waals surface area (Å²) < 4.78 is 5.56. The molecule has 2 aromatic rings. The van der Waals surface area contributed by atoms with Crippen molar-refractivity contribution in [1.82, 2.24) is 15.3 Å². The van der Waals surface area contributed by atoms with Gasteiger partial charge in [0.2, 0.25) is 0 Å². The smallest absolute Gasteiger partial charge is 0.135 e. The summed E-state index contributed by atoms with van der Waals surface area (Å²) in [6, 6.07) is 10.5. The zero-order valence-electron chi connectivity index (χ0n) is 15.3. The first kappa shape index (κ1) is 19.1. The van der Waals surface area contributed by atoms with E-state index in [1.807, 2.05) is 6.07 Å². The predicted molar refractivity (Wildman–Crippen MR) is 106 cm³/mol. The van der Waals surface area contributed by atoms with Gasteiger partial charge in [0.25, 0.3) is 0 Å². The van der Waals surface area contributed by atoms with Crippen LogP contribution in [0.2, 0.25) is 0 Å². The number of halogens is 1. The van der Waals surface area contributed by atoms with Crippen LogP contribution in [0, 0.1) is 0 Å². The fraction of sp³-hybridized carbons (Fsp3) is 0.500. The fourth-order valence-corrected chi connectivity index (χ4v) is 3.81. The van der Waals surface area contributed by atoms with Crippen molar-refractivity contribution in [2.45, 2.75) is 31.8 Å². The van der Waals surface area contributed by atoms with Gasteiger partial charge in [-0.15, -0.1) is 12.4 Å². The highest BCUT2D eigenvalue weighted by atomic mass is 35.5. The molecule has 1 fully saturated rings. The molecule has 0 radical (unpaired) electrons. The standard InChI is InChI=1S/C20H26N4O.ClH/c1-25-16-9-12-24(14-16)20-17-7-10-21-11-8-18(17)22-19(23-20)13-15-5-3-2-4-6-15;/h2-6,16,21H,7-14H2,1H3;1H/t16-;/m0./s1. The number of hydrogen-bond donors (Lipinski definition) is 1. The highest BCUT2D eigenvalue weighted by molar-refractivity contribution is 5.85. The molecule has 0 saturated carbocycles. The molecule has 1 N–H and O–H groups in total. The lowest BCUT2D eigenvalue weighted by Crippen LogP contribution is -2.26. The lowest BCUT2D eigenvalue weighted by molar-refractivity contribution is 0.121. The van der Waals surface area contributed by atoms with Gasteiger partial charge in [-0.1, -0.05) is 30.3 Å². The van der Waals surface area contributed by atoms with Crippen LogP contribution in [0.5, 0.6) is 0 Å². The molecule has 0 spiro atoms. The van der Waals surface area contributed by atoms with E-state index in [0.717, 1.165) is 63.5 Å². The SMILES string of the molecule is CO[C@H]1CCN(c2nc(Cc3ccccc3)nc3c2CCNCC3)C1.Cl. The zero-order chi connectivity index (χ0) is 17.1. The monoisotopic (exact) mass is 374 g/mol. The van der Waals surface area contributed by atoms with Gasteiger partial charge in [0, 0.05) is 45.1 Å². The van der Waals surface area contributed by atoms with Crippen molar-refractivity contribution in [3.63, 3.8) is 0 Å². The van der Waals surface area contributed by atoms with E-state index in [2.05, 4.69) is 34.5 Å². The van der Waals surface area contributed by atoms with E-state index < -0.39 is 0 Å². The van der Waals surface area contributed by atoms with E-state index >= 15 is 0 Å². The van der Waals surface area contributed by atoms with Gasteiger partial charge < -0.3 is 15.0 Å². The summed E-state index contributed by atoms with van der Waals surface area (Å²) in [6.45, 7) is 3.94. The van der Waals surface area contributed by atoms with Gasteiger partial charge in [0.1, 0.15) is 11.6 Å². The number of benzene rings is 1. The van der Waals surface area contributed by atoms with Gasteiger partial charge in [-0.3, -0.25) is 0 Å². The third-order valence-corrected chi connectivity index (χ3v) is 5.19. The maximum Gasteiger partial charge on any atom is 0.135 e. The molecular weight excluding hydrogens is 348 g/mol. The molecule has 3 heterocycles. The third-order valence-electron chi connectivity index (χ3n) is 5.19. The van der Waals surface area contributed by atoms with Gasteiger partial charge in [0.15, 0.2) is 0 Å². The molecule has 0 unspecified atom stereocenters. The molecule has 5 nitrogen and oxygen atoms in total. The van der Waals surface area contributed by atoms with Crippen LogP contribution in [0.3, 0.4) is 0 Å². The van der Waals surface area contributed by atoms with Crippen LogP contribution in [0.25, 0.3) is 0 Å². The first-order chi connectivity index (χ1) is 12.3. The summed E-state index contributed by atoms with van der Waals surface area (Å²) in [7, 11) is 1.80. The lowest BCUT2D eigenvalue weighted by atomic mass is 10.1. The Labute approximate surface area is 161 Å². The number of methoxy groups -OCH3 is 1. The van der Waals surface area contributed by atoms with Crippen LogP contribution in [0.15, 0.2) is 30.3 Å². The summed E-state index contributed by atoms with van der Waals surface area (Å²) in [4.78, 5) is 12.3. The molecule has 2 aliphatic rings. The number of ether oxygens (including phenoxy) is 1. The van der Waals surface area contributed by atoms with E-state index in [1.54, 1.807) is 7.11 Å². The Kier molecular flexibility index (Phi) is 6.46. The molecule has 140 valence electrons. The van der Waals surface area contributed by atoms with Crippen molar-refractivity contribution in [3.8, 4) is 0 Å². The predicted octanol–water partition coefficient (Wildman–Crippen LogP) is 2.40. The maximum absolute atomic E-state index is 5.56. The third kappa shape index (κ3) is 4.17. The molecule has 4 rings (SSSR count). The number of rotatable bonds is 4. The molecule has 0 amide bonds. The van der Waals surface area contributed by atoms with E-state index in [-0.39, 0.29) is 12.4 Å². The Morgan fingerprint density at radius 2 is 1.96 bits per heavy atom. The number of hydrogen-bond acceptors (Lipinski definition) is 5. The summed E-state index contributed by atoms with van der Waals surface area (Å²) in [5.74, 6) is 2.07. The number of anilines is 1. The summed E-state index contributed by atoms with van der Waals surface area (Å²) in [5.41, 5.74) is 3.82. The van der Waals surface area contributed by atoms with Crippen LogP contribution in [0.4, 0.5) is 5.82 Å². The quantitative estimate of drug-likeness (QED) is 0.890. The minimum atomic E-state index is 0. The second-order valence-electron chi connectivity index (χ2n) is 6.89. The van der Waals surface area contributed by atoms with Crippen molar-refractivity contribution in [3.05, 3.63) is 53.0 Å². The normalized spacial score (nSPS) is 19.6. The van der Waals surface area contributed by atoms with E-state index in [9.17, 15) is 0 Å². The van der Waals surface area contributed by atoms with Gasteiger partial charge in [-0.2, -0.15) is 0 Å². The van der Waals surface area contributed by atoms with Crippen LogP contribution in [-0.4, -0.2) is 49.4 Å². The topological polar surface area (TPSA) is 50.3 Å². The van der Waals surface area contributed by atoms with Crippen molar-refractivity contribution in [1.29, 1.82) is 0 Å². The van der Waals surface area contributed by atoms with E-state index in [4.69, 9.17) is 14.7 Å². The molecule has 6 heteroatoms. The van der Waals surface area contributed by atoms with Crippen LogP contribution >= 0.6 is 12.4 Å². The molecule has 1 saturated heterocycles. The first-order valence-corrected chi connectivity index (χ1v) is 9.24. The lowest BCUT2D eigenvalue weighted by Gasteiger charge is -2.22. The van der Waals surface area contributed by atoms with Gasteiger partial charge in [-0.25, -0.2) is 9.97 Å². The van der Waals surface area contributed by atoms with Gasteiger partial charge in [-0.05, 0) is 24.9 Å². The van der Waals surface area contributed by atoms with Gasteiger partial charge >= 0.3 is 0 Å². The fourth-order valence-electron chi connectivity index (χ4n) is 3.81. The number of aromatic nitrogens is 2. The van der Waals surface area contributed by atoms with Crippen molar-refractivity contribution >= 4 is 18.2 Å².